The van der Waals surface area contributed by atoms with E-state index in [4.69, 9.17) is 0 Å². The first-order chi connectivity index (χ1) is 9.70. The Kier molecular flexibility index (Phi) is 3.77. The topological polar surface area (TPSA) is 79.0 Å². The van der Waals surface area contributed by atoms with Gasteiger partial charge >= 0.3 is 6.18 Å². The van der Waals surface area contributed by atoms with Crippen LogP contribution in [0, 0.1) is 0 Å². The summed E-state index contributed by atoms with van der Waals surface area (Å²) < 4.78 is 63.0. The molecule has 0 aliphatic carbocycles. The van der Waals surface area contributed by atoms with Gasteiger partial charge in [0.15, 0.2) is 0 Å². The van der Waals surface area contributed by atoms with Gasteiger partial charge in [-0.3, -0.25) is 9.52 Å². The summed E-state index contributed by atoms with van der Waals surface area (Å²) in [7, 11) is -4.04. The highest BCUT2D eigenvalue weighted by Gasteiger charge is 2.32. The number of anilines is 1. The van der Waals surface area contributed by atoms with Crippen molar-refractivity contribution in [2.24, 2.45) is 0 Å². The zero-order chi connectivity index (χ0) is 15.7. The van der Waals surface area contributed by atoms with Gasteiger partial charge in [-0.2, -0.15) is 13.2 Å². The van der Waals surface area contributed by atoms with Gasteiger partial charge in [-0.25, -0.2) is 8.42 Å². The number of hydrogen-bond donors (Lipinski definition) is 2. The molecule has 112 valence electrons. The molecule has 0 aliphatic rings. The van der Waals surface area contributed by atoms with Crippen molar-refractivity contribution in [3.05, 3.63) is 58.5 Å². The minimum Gasteiger partial charge on any atom is -0.317 e. The first-order valence-corrected chi connectivity index (χ1v) is 7.07. The van der Waals surface area contributed by atoms with Crippen LogP contribution in [0.4, 0.5) is 18.9 Å². The van der Waals surface area contributed by atoms with Crippen molar-refractivity contribution in [3.8, 4) is 0 Å². The van der Waals surface area contributed by atoms with Gasteiger partial charge in [0.2, 0.25) is 0 Å². The number of benzene rings is 1. The lowest BCUT2D eigenvalue weighted by atomic mass is 10.3. The van der Waals surface area contributed by atoms with E-state index in [-0.39, 0.29) is 4.90 Å². The highest BCUT2D eigenvalue weighted by atomic mass is 32.2. The van der Waals surface area contributed by atoms with Gasteiger partial charge in [0, 0.05) is 0 Å². The van der Waals surface area contributed by atoms with E-state index in [1.54, 1.807) is 11.1 Å². The summed E-state index contributed by atoms with van der Waals surface area (Å²) in [6.45, 7) is 0. The molecule has 0 aliphatic heterocycles. The molecule has 0 fully saturated rings. The number of hydrogen-bond acceptors (Lipinski definition) is 3. The maximum atomic E-state index is 12.4. The fourth-order valence-corrected chi connectivity index (χ4v) is 2.61. The van der Waals surface area contributed by atoms with Crippen molar-refractivity contribution in [2.45, 2.75) is 11.1 Å². The van der Waals surface area contributed by atoms with E-state index in [0.29, 0.717) is 6.07 Å². The van der Waals surface area contributed by atoms with Crippen LogP contribution in [0.3, 0.4) is 0 Å². The lowest BCUT2D eigenvalue weighted by Crippen LogP contribution is -2.22. The Labute approximate surface area is 117 Å². The number of nitrogens with one attached hydrogen (secondary N) is 2. The zero-order valence-electron chi connectivity index (χ0n) is 10.3. The quantitative estimate of drug-likeness (QED) is 0.910. The molecule has 2 rings (SSSR count). The van der Waals surface area contributed by atoms with Gasteiger partial charge < -0.3 is 4.98 Å². The normalized spacial score (nSPS) is 12.1. The summed E-state index contributed by atoms with van der Waals surface area (Å²) in [5, 5.41) is 0. The average molecular weight is 318 g/mol. The summed E-state index contributed by atoms with van der Waals surface area (Å²) in [5.74, 6) is 0. The minimum absolute atomic E-state index is 0.107. The van der Waals surface area contributed by atoms with Gasteiger partial charge in [0.1, 0.15) is 11.4 Å². The summed E-state index contributed by atoms with van der Waals surface area (Å²) in [6, 6.07) is 8.49. The molecule has 5 nitrogen and oxygen atoms in total. The predicted octanol–water partition coefficient (Wildman–Crippen LogP) is 2.19. The number of sulfonamides is 1. The van der Waals surface area contributed by atoms with Crippen molar-refractivity contribution in [2.75, 3.05) is 4.72 Å². The van der Waals surface area contributed by atoms with Crippen molar-refractivity contribution in [1.29, 1.82) is 0 Å². The third-order valence-corrected chi connectivity index (χ3v) is 3.89. The Morgan fingerprint density at radius 2 is 1.62 bits per heavy atom. The van der Waals surface area contributed by atoms with Crippen molar-refractivity contribution < 1.29 is 21.6 Å². The second kappa shape index (κ2) is 5.24. The molecule has 2 N–H and O–H groups in total. The largest absolute Gasteiger partial charge is 0.431 e. The lowest BCUT2D eigenvalue weighted by Gasteiger charge is -2.09. The lowest BCUT2D eigenvalue weighted by molar-refractivity contribution is -0.141. The number of H-pyrrole nitrogens is 1. The van der Waals surface area contributed by atoms with Crippen LogP contribution in [-0.2, 0) is 16.2 Å². The maximum absolute atomic E-state index is 12.4. The first-order valence-electron chi connectivity index (χ1n) is 5.58. The minimum atomic E-state index is -4.71. The summed E-state index contributed by atoms with van der Waals surface area (Å²) in [4.78, 5) is 13.0. The van der Waals surface area contributed by atoms with E-state index in [2.05, 4.69) is 0 Å². The highest BCUT2D eigenvalue weighted by Crippen LogP contribution is 2.27. The average Bonchev–Trinajstić information content (AvgIpc) is 2.41. The summed E-state index contributed by atoms with van der Waals surface area (Å²) in [6.07, 6.45) is -4.71. The van der Waals surface area contributed by atoms with Crippen molar-refractivity contribution >= 4 is 15.7 Å². The molecule has 0 spiro atoms. The molecule has 9 heteroatoms. The Hall–Kier alpha value is -2.29. The number of halogens is 3. The highest BCUT2D eigenvalue weighted by molar-refractivity contribution is 7.92. The molecule has 21 heavy (non-hydrogen) atoms. The van der Waals surface area contributed by atoms with E-state index < -0.39 is 33.1 Å². The van der Waals surface area contributed by atoms with Crippen molar-refractivity contribution in [1.82, 2.24) is 4.98 Å². The van der Waals surface area contributed by atoms with Gasteiger partial charge in [-0.05, 0) is 24.3 Å². The molecular weight excluding hydrogens is 309 g/mol. The number of aromatic nitrogens is 1. The van der Waals surface area contributed by atoms with Crippen LogP contribution >= 0.6 is 0 Å². The molecule has 0 atom stereocenters. The Morgan fingerprint density at radius 1 is 1.00 bits per heavy atom. The number of pyridine rings is 1. The Morgan fingerprint density at radius 3 is 2.14 bits per heavy atom. The van der Waals surface area contributed by atoms with Crippen LogP contribution in [0.15, 0.2) is 52.2 Å². The number of aromatic amines is 1. The van der Waals surface area contributed by atoms with Gasteiger partial charge in [0.25, 0.3) is 15.6 Å². The van der Waals surface area contributed by atoms with Gasteiger partial charge in [-0.15, -0.1) is 0 Å². The van der Waals surface area contributed by atoms with E-state index >= 15 is 0 Å². The fraction of sp³-hybridized carbons (Fsp3) is 0.0833. The second-order valence-electron chi connectivity index (χ2n) is 4.03. The van der Waals surface area contributed by atoms with E-state index in [1.807, 2.05) is 4.72 Å². The van der Waals surface area contributed by atoms with Gasteiger partial charge in [-0.1, -0.05) is 18.2 Å². The third-order valence-electron chi connectivity index (χ3n) is 2.51. The fourth-order valence-electron chi connectivity index (χ4n) is 1.52. The smallest absolute Gasteiger partial charge is 0.317 e. The summed E-state index contributed by atoms with van der Waals surface area (Å²) >= 11 is 0. The van der Waals surface area contributed by atoms with Crippen LogP contribution in [0.2, 0.25) is 0 Å². The molecule has 1 aromatic heterocycles. The molecule has 2 aromatic rings. The number of rotatable bonds is 3. The van der Waals surface area contributed by atoms with Crippen LogP contribution in [-0.4, -0.2) is 13.4 Å². The maximum Gasteiger partial charge on any atom is 0.431 e. The molecule has 0 bridgehead atoms. The standard InChI is InChI=1S/C12H9F3N2O3S/c13-12(14,15)10-7-6-9(11(18)16-10)17-21(19,20)8-4-2-1-3-5-8/h1-7,17H,(H,16,18). The Balaban J connectivity index is 2.35. The second-order valence-corrected chi connectivity index (χ2v) is 5.71. The van der Waals surface area contributed by atoms with E-state index in [1.165, 1.54) is 24.3 Å². The van der Waals surface area contributed by atoms with Crippen LogP contribution in [0.25, 0.3) is 0 Å². The van der Waals surface area contributed by atoms with Crippen LogP contribution in [0.5, 0.6) is 0 Å². The molecule has 0 saturated heterocycles. The first kappa shape index (κ1) is 15.1. The third kappa shape index (κ3) is 3.43. The molecule has 1 aromatic carbocycles. The molecule has 0 unspecified atom stereocenters. The summed E-state index contributed by atoms with van der Waals surface area (Å²) in [5.41, 5.74) is -2.92. The monoisotopic (exact) mass is 318 g/mol. The SMILES string of the molecule is O=c1[nH]c(C(F)(F)F)ccc1NS(=O)(=O)c1ccccc1. The molecular formula is C12H9F3N2O3S. The molecule has 1 heterocycles. The van der Waals surface area contributed by atoms with E-state index in [9.17, 15) is 26.4 Å². The number of alkyl halides is 3. The van der Waals surface area contributed by atoms with Crippen LogP contribution < -0.4 is 10.3 Å². The van der Waals surface area contributed by atoms with E-state index in [0.717, 1.165) is 6.07 Å². The molecule has 0 radical (unpaired) electrons. The predicted molar refractivity (Wildman–Crippen MR) is 69.3 cm³/mol. The Bertz CT molecular complexity index is 798. The zero-order valence-corrected chi connectivity index (χ0v) is 11.1. The molecule has 0 saturated carbocycles. The van der Waals surface area contributed by atoms with Crippen molar-refractivity contribution in [3.63, 3.8) is 0 Å². The van der Waals surface area contributed by atoms with Gasteiger partial charge in [0.05, 0.1) is 4.90 Å². The molecule has 0 amide bonds. The van der Waals surface area contributed by atoms with Crippen LogP contribution in [0.1, 0.15) is 5.69 Å².